The third-order valence-electron chi connectivity index (χ3n) is 3.60. The summed E-state index contributed by atoms with van der Waals surface area (Å²) >= 11 is 0. The van der Waals surface area contributed by atoms with Crippen molar-refractivity contribution in [3.05, 3.63) is 40.5 Å². The third-order valence-corrected chi connectivity index (χ3v) is 3.60. The van der Waals surface area contributed by atoms with E-state index in [9.17, 15) is 9.90 Å². The molecule has 114 valence electrons. The molecule has 1 unspecified atom stereocenters. The van der Waals surface area contributed by atoms with Gasteiger partial charge in [-0.1, -0.05) is 30.7 Å². The monoisotopic (exact) mass is 290 g/mol. The van der Waals surface area contributed by atoms with Gasteiger partial charge in [0.05, 0.1) is 19.3 Å². The molecule has 1 aromatic rings. The van der Waals surface area contributed by atoms with E-state index in [0.717, 1.165) is 23.3 Å². The highest BCUT2D eigenvalue weighted by Gasteiger charge is 2.24. The summed E-state index contributed by atoms with van der Waals surface area (Å²) in [5.74, 6) is -0.870. The van der Waals surface area contributed by atoms with Crippen LogP contribution in [0.4, 0.5) is 0 Å². The van der Waals surface area contributed by atoms with E-state index in [1.54, 1.807) is 6.08 Å². The van der Waals surface area contributed by atoms with Gasteiger partial charge in [0.1, 0.15) is 6.10 Å². The first-order valence-electron chi connectivity index (χ1n) is 7.29. The fraction of sp³-hybridized carbons (Fsp3) is 0.471. The van der Waals surface area contributed by atoms with Crippen LogP contribution in [0.15, 0.2) is 23.8 Å². The summed E-state index contributed by atoms with van der Waals surface area (Å²) in [4.78, 5) is 11.2. The smallest absolute Gasteiger partial charge is 0.331 e. The molecule has 0 aliphatic carbocycles. The minimum absolute atomic E-state index is 0.0899. The van der Waals surface area contributed by atoms with Crippen LogP contribution in [0.25, 0.3) is 6.08 Å². The minimum atomic E-state index is -0.870. The summed E-state index contributed by atoms with van der Waals surface area (Å²) in [6.07, 6.45) is 2.38. The molecule has 1 saturated heterocycles. The number of hydrogen-bond acceptors (Lipinski definition) is 3. The number of aryl methyl sites for hydroxylation is 1. The molecule has 1 heterocycles. The van der Waals surface area contributed by atoms with Gasteiger partial charge in [0.25, 0.3) is 0 Å². The summed E-state index contributed by atoms with van der Waals surface area (Å²) in [5, 5.41) is 9.20. The average Bonchev–Trinajstić information content (AvgIpc) is 3.26. The fourth-order valence-electron chi connectivity index (χ4n) is 2.20. The van der Waals surface area contributed by atoms with E-state index in [2.05, 4.69) is 0 Å². The Bertz CT molecular complexity index is 544. The van der Waals surface area contributed by atoms with Crippen LogP contribution in [-0.2, 0) is 14.3 Å². The zero-order chi connectivity index (χ0) is 15.4. The molecule has 4 heteroatoms. The minimum Gasteiger partial charge on any atom is -0.478 e. The number of epoxide rings is 1. The van der Waals surface area contributed by atoms with Crippen LogP contribution in [0.1, 0.15) is 43.1 Å². The van der Waals surface area contributed by atoms with Crippen molar-refractivity contribution >= 4 is 12.0 Å². The van der Waals surface area contributed by atoms with Gasteiger partial charge >= 0.3 is 5.97 Å². The van der Waals surface area contributed by atoms with Crippen molar-refractivity contribution in [3.63, 3.8) is 0 Å². The molecule has 21 heavy (non-hydrogen) atoms. The third kappa shape index (κ3) is 4.41. The van der Waals surface area contributed by atoms with Crippen LogP contribution >= 0.6 is 0 Å². The maximum absolute atomic E-state index is 11.2. The lowest BCUT2D eigenvalue weighted by Crippen LogP contribution is -2.08. The first-order valence-corrected chi connectivity index (χ1v) is 7.29. The van der Waals surface area contributed by atoms with E-state index < -0.39 is 5.97 Å². The van der Waals surface area contributed by atoms with Gasteiger partial charge in [0.15, 0.2) is 0 Å². The summed E-state index contributed by atoms with van der Waals surface area (Å²) in [6, 6.07) is 6.03. The first-order chi connectivity index (χ1) is 10.0. The Morgan fingerprint density at radius 2 is 2.29 bits per heavy atom. The normalized spacial score (nSPS) is 19.4. The van der Waals surface area contributed by atoms with Crippen LogP contribution < -0.4 is 0 Å². The summed E-state index contributed by atoms with van der Waals surface area (Å²) < 4.78 is 10.9. The maximum atomic E-state index is 11.2. The lowest BCUT2D eigenvalue weighted by atomic mass is 9.98. The molecule has 0 amide bonds. The average molecular weight is 290 g/mol. The van der Waals surface area contributed by atoms with Gasteiger partial charge in [0.2, 0.25) is 0 Å². The Balaban J connectivity index is 2.25. The van der Waals surface area contributed by atoms with E-state index in [0.29, 0.717) is 18.6 Å². The molecule has 2 rings (SSSR count). The molecule has 1 aliphatic rings. The number of carbonyl (C=O) groups is 1. The second-order valence-electron chi connectivity index (χ2n) is 5.39. The van der Waals surface area contributed by atoms with Crippen molar-refractivity contribution in [2.24, 2.45) is 0 Å². The first kappa shape index (κ1) is 15.7. The van der Waals surface area contributed by atoms with Crippen molar-refractivity contribution in [1.29, 1.82) is 0 Å². The SMILES string of the molecule is CCC(=Cc1cc(C)ccc1[C@@H](C)OCC1CO1)C(=O)O. The maximum Gasteiger partial charge on any atom is 0.331 e. The second kappa shape index (κ2) is 6.87. The van der Waals surface area contributed by atoms with E-state index in [-0.39, 0.29) is 12.2 Å². The quantitative estimate of drug-likeness (QED) is 0.618. The van der Waals surface area contributed by atoms with Crippen LogP contribution in [-0.4, -0.2) is 30.4 Å². The Morgan fingerprint density at radius 3 is 2.86 bits per heavy atom. The van der Waals surface area contributed by atoms with Crippen molar-refractivity contribution in [1.82, 2.24) is 0 Å². The Kier molecular flexibility index (Phi) is 5.15. The van der Waals surface area contributed by atoms with Gasteiger partial charge in [-0.05, 0) is 37.5 Å². The molecular formula is C17H22O4. The van der Waals surface area contributed by atoms with Gasteiger partial charge < -0.3 is 14.6 Å². The predicted molar refractivity (Wildman–Crippen MR) is 81.2 cm³/mol. The van der Waals surface area contributed by atoms with E-state index >= 15 is 0 Å². The van der Waals surface area contributed by atoms with Gasteiger partial charge in [-0.2, -0.15) is 0 Å². The van der Waals surface area contributed by atoms with Gasteiger partial charge in [-0.3, -0.25) is 0 Å². The fourth-order valence-corrected chi connectivity index (χ4v) is 2.20. The van der Waals surface area contributed by atoms with Crippen LogP contribution in [0.5, 0.6) is 0 Å². The van der Waals surface area contributed by atoms with Gasteiger partial charge in [-0.15, -0.1) is 0 Å². The molecule has 0 spiro atoms. The Morgan fingerprint density at radius 1 is 1.57 bits per heavy atom. The number of carboxylic acid groups (broad SMARTS) is 1. The molecule has 2 atom stereocenters. The van der Waals surface area contributed by atoms with Crippen molar-refractivity contribution in [2.75, 3.05) is 13.2 Å². The number of hydrogen-bond donors (Lipinski definition) is 1. The number of benzene rings is 1. The highest BCUT2D eigenvalue weighted by atomic mass is 16.6. The van der Waals surface area contributed by atoms with Gasteiger partial charge in [0, 0.05) is 5.57 Å². The Hall–Kier alpha value is -1.65. The molecule has 1 aliphatic heterocycles. The second-order valence-corrected chi connectivity index (χ2v) is 5.39. The van der Waals surface area contributed by atoms with E-state index in [4.69, 9.17) is 9.47 Å². The van der Waals surface area contributed by atoms with Crippen molar-refractivity contribution in [2.45, 2.75) is 39.4 Å². The largest absolute Gasteiger partial charge is 0.478 e. The topological polar surface area (TPSA) is 59.1 Å². The highest BCUT2D eigenvalue weighted by molar-refractivity contribution is 5.92. The Labute approximate surface area is 125 Å². The summed E-state index contributed by atoms with van der Waals surface area (Å²) in [7, 11) is 0. The van der Waals surface area contributed by atoms with Crippen LogP contribution in [0, 0.1) is 6.92 Å². The standard InChI is InChI=1S/C17H22O4/c1-4-13(17(18)19)8-14-7-11(2)5-6-16(14)12(3)20-9-15-10-21-15/h5-8,12,15H,4,9-10H2,1-3H3,(H,18,19)/t12-,15?/m1/s1. The van der Waals surface area contributed by atoms with Crippen LogP contribution in [0.2, 0.25) is 0 Å². The molecule has 0 saturated carbocycles. The lowest BCUT2D eigenvalue weighted by molar-refractivity contribution is -0.132. The molecule has 0 bridgehead atoms. The lowest BCUT2D eigenvalue weighted by Gasteiger charge is -2.16. The van der Waals surface area contributed by atoms with Crippen molar-refractivity contribution in [3.8, 4) is 0 Å². The van der Waals surface area contributed by atoms with E-state index in [1.807, 2.05) is 39.0 Å². The molecule has 0 aromatic heterocycles. The molecule has 0 radical (unpaired) electrons. The van der Waals surface area contributed by atoms with Crippen molar-refractivity contribution < 1.29 is 19.4 Å². The highest BCUT2D eigenvalue weighted by Crippen LogP contribution is 2.26. The zero-order valence-corrected chi connectivity index (χ0v) is 12.8. The van der Waals surface area contributed by atoms with E-state index in [1.165, 1.54) is 0 Å². The molecular weight excluding hydrogens is 268 g/mol. The summed E-state index contributed by atoms with van der Waals surface area (Å²) in [5.41, 5.74) is 3.43. The van der Waals surface area contributed by atoms with Crippen LogP contribution in [0.3, 0.4) is 0 Å². The molecule has 1 aromatic carbocycles. The summed E-state index contributed by atoms with van der Waals surface area (Å²) in [6.45, 7) is 7.18. The number of aliphatic carboxylic acids is 1. The number of ether oxygens (including phenoxy) is 2. The zero-order valence-electron chi connectivity index (χ0n) is 12.8. The number of carboxylic acids is 1. The molecule has 4 nitrogen and oxygen atoms in total. The number of rotatable bonds is 7. The predicted octanol–water partition coefficient (Wildman–Crippen LogP) is 3.35. The molecule has 1 fully saturated rings. The van der Waals surface area contributed by atoms with Gasteiger partial charge in [-0.25, -0.2) is 4.79 Å². The molecule has 1 N–H and O–H groups in total.